The third kappa shape index (κ3) is 5.07. The maximum atomic E-state index is 11.8. The largest absolute Gasteiger partial charge is 0.467 e. The number of nitrogens with one attached hydrogen (secondary N) is 2. The molecule has 0 bridgehead atoms. The van der Waals surface area contributed by atoms with E-state index in [-0.39, 0.29) is 24.3 Å². The Morgan fingerprint density at radius 1 is 1.15 bits per heavy atom. The molecular formula is C15H22N2O3. The van der Waals surface area contributed by atoms with Gasteiger partial charge in [0.2, 0.25) is 11.8 Å². The van der Waals surface area contributed by atoms with Crippen molar-refractivity contribution < 1.29 is 14.0 Å². The van der Waals surface area contributed by atoms with E-state index in [4.69, 9.17) is 4.42 Å². The van der Waals surface area contributed by atoms with Gasteiger partial charge in [0, 0.05) is 6.04 Å². The van der Waals surface area contributed by atoms with Gasteiger partial charge in [-0.15, -0.1) is 0 Å². The molecule has 110 valence electrons. The first-order valence-electron chi connectivity index (χ1n) is 7.32. The van der Waals surface area contributed by atoms with E-state index in [9.17, 15) is 9.59 Å². The maximum Gasteiger partial charge on any atom is 0.229 e. The molecule has 1 heterocycles. The highest BCUT2D eigenvalue weighted by Crippen LogP contribution is 2.17. The number of hydrogen-bond acceptors (Lipinski definition) is 3. The highest BCUT2D eigenvalue weighted by molar-refractivity contribution is 5.96. The summed E-state index contributed by atoms with van der Waals surface area (Å²) in [5.41, 5.74) is 0. The van der Waals surface area contributed by atoms with Crippen LogP contribution in [0, 0.1) is 0 Å². The monoisotopic (exact) mass is 278 g/mol. The molecule has 2 N–H and O–H groups in total. The standard InChI is InChI=1S/C15H22N2O3/c18-14(16-11-13-8-5-9-20-13)10-15(19)17-12-6-3-1-2-4-7-12/h5,8-9,12H,1-4,6-7,10-11H2,(H,16,18)(H,17,19). The summed E-state index contributed by atoms with van der Waals surface area (Å²) in [5, 5.41) is 5.63. The summed E-state index contributed by atoms with van der Waals surface area (Å²) < 4.78 is 5.11. The van der Waals surface area contributed by atoms with Crippen LogP contribution in [0.5, 0.6) is 0 Å². The molecule has 1 aromatic heterocycles. The van der Waals surface area contributed by atoms with Crippen LogP contribution in [0.25, 0.3) is 0 Å². The molecule has 0 radical (unpaired) electrons. The highest BCUT2D eigenvalue weighted by Gasteiger charge is 2.16. The van der Waals surface area contributed by atoms with E-state index in [1.165, 1.54) is 12.8 Å². The molecule has 2 amide bonds. The van der Waals surface area contributed by atoms with Gasteiger partial charge in [0.15, 0.2) is 0 Å². The molecule has 5 nitrogen and oxygen atoms in total. The zero-order chi connectivity index (χ0) is 14.2. The van der Waals surface area contributed by atoms with Crippen LogP contribution < -0.4 is 10.6 Å². The van der Waals surface area contributed by atoms with E-state index in [0.717, 1.165) is 25.7 Å². The lowest BCUT2D eigenvalue weighted by Crippen LogP contribution is -2.37. The van der Waals surface area contributed by atoms with E-state index in [1.807, 2.05) is 0 Å². The van der Waals surface area contributed by atoms with Crippen molar-refractivity contribution in [3.63, 3.8) is 0 Å². The summed E-state index contributed by atoms with van der Waals surface area (Å²) in [4.78, 5) is 23.4. The first-order chi connectivity index (χ1) is 9.74. The molecule has 0 spiro atoms. The Morgan fingerprint density at radius 2 is 1.90 bits per heavy atom. The van der Waals surface area contributed by atoms with Crippen molar-refractivity contribution >= 4 is 11.8 Å². The Kier molecular flexibility index (Phi) is 5.65. The molecule has 0 unspecified atom stereocenters. The fraction of sp³-hybridized carbons (Fsp3) is 0.600. The lowest BCUT2D eigenvalue weighted by atomic mass is 10.1. The predicted molar refractivity (Wildman–Crippen MR) is 74.8 cm³/mol. The summed E-state index contributed by atoms with van der Waals surface area (Å²) >= 11 is 0. The van der Waals surface area contributed by atoms with Gasteiger partial charge in [-0.1, -0.05) is 25.7 Å². The lowest BCUT2D eigenvalue weighted by Gasteiger charge is -2.15. The lowest BCUT2D eigenvalue weighted by molar-refractivity contribution is -0.129. The van der Waals surface area contributed by atoms with E-state index in [0.29, 0.717) is 12.3 Å². The second kappa shape index (κ2) is 7.72. The number of carbonyl (C=O) groups is 2. The quantitative estimate of drug-likeness (QED) is 0.640. The molecular weight excluding hydrogens is 256 g/mol. The Bertz CT molecular complexity index is 420. The van der Waals surface area contributed by atoms with E-state index in [1.54, 1.807) is 18.4 Å². The van der Waals surface area contributed by atoms with Gasteiger partial charge in [0.05, 0.1) is 12.8 Å². The summed E-state index contributed by atoms with van der Waals surface area (Å²) in [5.74, 6) is 0.226. The molecule has 1 aliphatic carbocycles. The Balaban J connectivity index is 1.66. The second-order valence-electron chi connectivity index (χ2n) is 5.29. The van der Waals surface area contributed by atoms with Crippen molar-refractivity contribution in [3.05, 3.63) is 24.2 Å². The third-order valence-electron chi connectivity index (χ3n) is 3.58. The minimum Gasteiger partial charge on any atom is -0.467 e. The third-order valence-corrected chi connectivity index (χ3v) is 3.58. The topological polar surface area (TPSA) is 71.3 Å². The Hall–Kier alpha value is -1.78. The van der Waals surface area contributed by atoms with Crippen LogP contribution in [-0.4, -0.2) is 17.9 Å². The van der Waals surface area contributed by atoms with E-state index < -0.39 is 0 Å². The van der Waals surface area contributed by atoms with Gasteiger partial charge in [0.25, 0.3) is 0 Å². The van der Waals surface area contributed by atoms with Crippen molar-refractivity contribution in [3.8, 4) is 0 Å². The van der Waals surface area contributed by atoms with Crippen LogP contribution >= 0.6 is 0 Å². The Labute approximate surface area is 119 Å². The van der Waals surface area contributed by atoms with E-state index >= 15 is 0 Å². The molecule has 0 aliphatic heterocycles. The van der Waals surface area contributed by atoms with Crippen molar-refractivity contribution in [2.75, 3.05) is 0 Å². The van der Waals surface area contributed by atoms with Crippen molar-refractivity contribution in [1.29, 1.82) is 0 Å². The van der Waals surface area contributed by atoms with Gasteiger partial charge in [-0.25, -0.2) is 0 Å². The maximum absolute atomic E-state index is 11.8. The molecule has 1 aliphatic rings. The van der Waals surface area contributed by atoms with Gasteiger partial charge < -0.3 is 15.1 Å². The zero-order valence-corrected chi connectivity index (χ0v) is 11.7. The Morgan fingerprint density at radius 3 is 2.55 bits per heavy atom. The number of carbonyl (C=O) groups excluding carboxylic acids is 2. The summed E-state index contributed by atoms with van der Waals surface area (Å²) in [6.45, 7) is 0.322. The minimum atomic E-state index is -0.271. The van der Waals surface area contributed by atoms with Crippen LogP contribution in [-0.2, 0) is 16.1 Å². The SMILES string of the molecule is O=C(CC(=O)NC1CCCCCC1)NCc1ccco1. The second-order valence-corrected chi connectivity index (χ2v) is 5.29. The average molecular weight is 278 g/mol. The summed E-state index contributed by atoms with van der Waals surface area (Å²) in [7, 11) is 0. The van der Waals surface area contributed by atoms with Crippen LogP contribution in [0.4, 0.5) is 0 Å². The molecule has 0 aromatic carbocycles. The molecule has 0 atom stereocenters. The molecule has 0 saturated heterocycles. The molecule has 1 aromatic rings. The smallest absolute Gasteiger partial charge is 0.229 e. The number of furan rings is 1. The predicted octanol–water partition coefficient (Wildman–Crippen LogP) is 2.12. The number of rotatable bonds is 5. The first kappa shape index (κ1) is 14.6. The summed E-state index contributed by atoms with van der Waals surface area (Å²) in [6.07, 6.45) is 8.31. The van der Waals surface area contributed by atoms with Crippen molar-refractivity contribution in [2.24, 2.45) is 0 Å². The zero-order valence-electron chi connectivity index (χ0n) is 11.7. The van der Waals surface area contributed by atoms with Gasteiger partial charge >= 0.3 is 0 Å². The normalized spacial score (nSPS) is 16.4. The van der Waals surface area contributed by atoms with Crippen LogP contribution in [0.1, 0.15) is 50.7 Å². The fourth-order valence-electron chi connectivity index (χ4n) is 2.51. The molecule has 5 heteroatoms. The number of hydrogen-bond donors (Lipinski definition) is 2. The van der Waals surface area contributed by atoms with Crippen LogP contribution in [0.3, 0.4) is 0 Å². The molecule has 1 fully saturated rings. The first-order valence-corrected chi connectivity index (χ1v) is 7.32. The van der Waals surface area contributed by atoms with Gasteiger partial charge in [0.1, 0.15) is 12.2 Å². The van der Waals surface area contributed by atoms with E-state index in [2.05, 4.69) is 10.6 Å². The minimum absolute atomic E-state index is 0.114. The fourth-order valence-corrected chi connectivity index (χ4v) is 2.51. The highest BCUT2D eigenvalue weighted by atomic mass is 16.3. The van der Waals surface area contributed by atoms with Crippen molar-refractivity contribution in [1.82, 2.24) is 10.6 Å². The van der Waals surface area contributed by atoms with Crippen molar-refractivity contribution in [2.45, 2.75) is 57.5 Å². The summed E-state index contributed by atoms with van der Waals surface area (Å²) in [6, 6.07) is 3.79. The van der Waals surface area contributed by atoms with Crippen LogP contribution in [0.2, 0.25) is 0 Å². The molecule has 20 heavy (non-hydrogen) atoms. The molecule has 1 saturated carbocycles. The van der Waals surface area contributed by atoms with Gasteiger partial charge in [-0.3, -0.25) is 9.59 Å². The van der Waals surface area contributed by atoms with Gasteiger partial charge in [-0.2, -0.15) is 0 Å². The van der Waals surface area contributed by atoms with Crippen LogP contribution in [0.15, 0.2) is 22.8 Å². The average Bonchev–Trinajstić information content (AvgIpc) is 2.81. The van der Waals surface area contributed by atoms with Gasteiger partial charge in [-0.05, 0) is 25.0 Å². The molecule has 2 rings (SSSR count). The number of amides is 2.